The van der Waals surface area contributed by atoms with Crippen LogP contribution in [-0.4, -0.2) is 5.78 Å². The second-order valence-corrected chi connectivity index (χ2v) is 8.50. The lowest BCUT2D eigenvalue weighted by molar-refractivity contribution is 0.0979. The maximum atomic E-state index is 12.2. The van der Waals surface area contributed by atoms with Crippen LogP contribution in [0.2, 0.25) is 0 Å². The Balaban J connectivity index is 1.66. The molecule has 0 atom stereocenters. The number of unbranched alkanes of at least 4 members (excludes halogenated alkanes) is 4. The second kappa shape index (κ2) is 12.3. The Morgan fingerprint density at radius 2 is 1.38 bits per heavy atom. The van der Waals surface area contributed by atoms with E-state index < -0.39 is 0 Å². The van der Waals surface area contributed by atoms with Gasteiger partial charge in [0, 0.05) is 12.0 Å². The summed E-state index contributed by atoms with van der Waals surface area (Å²) in [6.07, 6.45) is 18.0. The minimum Gasteiger partial charge on any atom is -0.294 e. The Bertz CT molecular complexity index is 493. The van der Waals surface area contributed by atoms with Crippen LogP contribution < -0.4 is 0 Å². The average molecular weight is 357 g/mol. The van der Waals surface area contributed by atoms with Crippen molar-refractivity contribution in [1.29, 1.82) is 0 Å². The predicted octanol–water partition coefficient (Wildman–Crippen LogP) is 7.77. The fourth-order valence-electron chi connectivity index (χ4n) is 4.40. The van der Waals surface area contributed by atoms with Gasteiger partial charge in [-0.3, -0.25) is 4.79 Å². The van der Waals surface area contributed by atoms with Crippen LogP contribution in [0.1, 0.15) is 113 Å². The second-order valence-electron chi connectivity index (χ2n) is 8.50. The molecule has 1 saturated carbocycles. The maximum Gasteiger partial charge on any atom is 0.162 e. The van der Waals surface area contributed by atoms with Gasteiger partial charge in [0.1, 0.15) is 0 Å². The summed E-state index contributed by atoms with van der Waals surface area (Å²) in [5.41, 5.74) is 2.30. The zero-order chi connectivity index (χ0) is 18.6. The number of benzene rings is 1. The molecule has 0 bridgehead atoms. The zero-order valence-corrected chi connectivity index (χ0v) is 17.3. The molecule has 146 valence electrons. The average Bonchev–Trinajstić information content (AvgIpc) is 2.68. The summed E-state index contributed by atoms with van der Waals surface area (Å²) in [7, 11) is 0. The summed E-state index contributed by atoms with van der Waals surface area (Å²) in [5, 5.41) is 0. The molecule has 1 aliphatic rings. The van der Waals surface area contributed by atoms with Crippen molar-refractivity contribution in [3.63, 3.8) is 0 Å². The molecule has 1 fully saturated rings. The van der Waals surface area contributed by atoms with Crippen molar-refractivity contribution in [3.05, 3.63) is 35.4 Å². The van der Waals surface area contributed by atoms with E-state index in [-0.39, 0.29) is 0 Å². The van der Waals surface area contributed by atoms with Crippen molar-refractivity contribution < 1.29 is 4.79 Å². The van der Waals surface area contributed by atoms with Gasteiger partial charge in [0.2, 0.25) is 0 Å². The number of carbonyl (C=O) groups excluding carboxylic acids is 1. The highest BCUT2D eigenvalue weighted by molar-refractivity contribution is 5.96. The van der Waals surface area contributed by atoms with Crippen LogP contribution in [0.4, 0.5) is 0 Å². The van der Waals surface area contributed by atoms with Crippen molar-refractivity contribution in [3.8, 4) is 0 Å². The lowest BCUT2D eigenvalue weighted by atomic mass is 9.78. The van der Waals surface area contributed by atoms with Gasteiger partial charge in [0.25, 0.3) is 0 Å². The van der Waals surface area contributed by atoms with Crippen LogP contribution in [0.15, 0.2) is 24.3 Å². The maximum absolute atomic E-state index is 12.2. The van der Waals surface area contributed by atoms with Gasteiger partial charge in [0.05, 0.1) is 0 Å². The van der Waals surface area contributed by atoms with Crippen LogP contribution in [-0.2, 0) is 6.42 Å². The summed E-state index contributed by atoms with van der Waals surface area (Å²) in [4.78, 5) is 12.2. The molecule has 0 heterocycles. The molecular formula is C25H40O. The van der Waals surface area contributed by atoms with Crippen LogP contribution in [0.5, 0.6) is 0 Å². The highest BCUT2D eigenvalue weighted by Crippen LogP contribution is 2.34. The van der Waals surface area contributed by atoms with Crippen LogP contribution in [0, 0.1) is 11.8 Å². The van der Waals surface area contributed by atoms with Crippen LogP contribution in [0.3, 0.4) is 0 Å². The van der Waals surface area contributed by atoms with E-state index in [0.717, 1.165) is 30.2 Å². The van der Waals surface area contributed by atoms with Gasteiger partial charge in [-0.1, -0.05) is 102 Å². The van der Waals surface area contributed by atoms with E-state index in [9.17, 15) is 4.79 Å². The Morgan fingerprint density at radius 3 is 2.00 bits per heavy atom. The topological polar surface area (TPSA) is 17.1 Å². The number of ketones is 1. The number of carbonyl (C=O) groups is 1. The standard InChI is InChI=1S/C25H40O/c1-3-5-7-9-21-11-13-22(14-12-21)15-16-23-17-19-24(20-18-23)25(26)10-8-6-4-2/h17-22H,3-16H2,1-2H3. The molecule has 0 aliphatic heterocycles. The molecule has 1 heteroatoms. The van der Waals surface area contributed by atoms with E-state index in [0.29, 0.717) is 12.2 Å². The molecule has 0 aromatic heterocycles. The van der Waals surface area contributed by atoms with Gasteiger partial charge < -0.3 is 0 Å². The van der Waals surface area contributed by atoms with Crippen molar-refractivity contribution in [1.82, 2.24) is 0 Å². The largest absolute Gasteiger partial charge is 0.294 e. The molecule has 0 unspecified atom stereocenters. The van der Waals surface area contributed by atoms with Gasteiger partial charge >= 0.3 is 0 Å². The summed E-state index contributed by atoms with van der Waals surface area (Å²) < 4.78 is 0. The van der Waals surface area contributed by atoms with Gasteiger partial charge in [0.15, 0.2) is 5.78 Å². The summed E-state index contributed by atoms with van der Waals surface area (Å²) in [6.45, 7) is 4.48. The lowest BCUT2D eigenvalue weighted by Gasteiger charge is -2.28. The normalized spacial score (nSPS) is 20.2. The van der Waals surface area contributed by atoms with E-state index in [1.807, 2.05) is 12.1 Å². The Hall–Kier alpha value is -1.11. The van der Waals surface area contributed by atoms with Gasteiger partial charge in [-0.2, -0.15) is 0 Å². The lowest BCUT2D eigenvalue weighted by Crippen LogP contribution is -2.15. The fraction of sp³-hybridized carbons (Fsp3) is 0.720. The van der Waals surface area contributed by atoms with Crippen LogP contribution in [0.25, 0.3) is 0 Å². The highest BCUT2D eigenvalue weighted by atomic mass is 16.1. The molecule has 0 saturated heterocycles. The molecule has 0 spiro atoms. The van der Waals surface area contributed by atoms with E-state index in [2.05, 4.69) is 26.0 Å². The highest BCUT2D eigenvalue weighted by Gasteiger charge is 2.20. The van der Waals surface area contributed by atoms with E-state index in [1.165, 1.54) is 76.2 Å². The van der Waals surface area contributed by atoms with Gasteiger partial charge in [-0.05, 0) is 36.7 Å². The molecule has 0 amide bonds. The van der Waals surface area contributed by atoms with Crippen molar-refractivity contribution in [2.75, 3.05) is 0 Å². The minimum absolute atomic E-state index is 0.311. The monoisotopic (exact) mass is 356 g/mol. The van der Waals surface area contributed by atoms with Crippen LogP contribution >= 0.6 is 0 Å². The first kappa shape index (κ1) is 21.2. The summed E-state index contributed by atoms with van der Waals surface area (Å²) in [6, 6.07) is 8.47. The van der Waals surface area contributed by atoms with E-state index in [4.69, 9.17) is 0 Å². The summed E-state index contributed by atoms with van der Waals surface area (Å²) in [5.74, 6) is 2.25. The first-order chi connectivity index (χ1) is 12.7. The summed E-state index contributed by atoms with van der Waals surface area (Å²) >= 11 is 0. The molecule has 2 rings (SSSR count). The van der Waals surface area contributed by atoms with Crippen molar-refractivity contribution >= 4 is 5.78 Å². The molecule has 1 nitrogen and oxygen atoms in total. The zero-order valence-electron chi connectivity index (χ0n) is 17.3. The molecule has 0 radical (unpaired) electrons. The number of aryl methyl sites for hydroxylation is 1. The molecule has 1 aromatic carbocycles. The first-order valence-electron chi connectivity index (χ1n) is 11.3. The molecule has 1 aromatic rings. The third-order valence-electron chi connectivity index (χ3n) is 6.31. The van der Waals surface area contributed by atoms with Crippen molar-refractivity contribution in [2.45, 2.75) is 104 Å². The third kappa shape index (κ3) is 7.64. The number of hydrogen-bond donors (Lipinski definition) is 0. The third-order valence-corrected chi connectivity index (χ3v) is 6.31. The number of rotatable bonds is 12. The van der Waals surface area contributed by atoms with Gasteiger partial charge in [-0.15, -0.1) is 0 Å². The number of Topliss-reactive ketones (excluding diaryl/α,β-unsaturated/α-hetero) is 1. The van der Waals surface area contributed by atoms with Crippen molar-refractivity contribution in [2.24, 2.45) is 11.8 Å². The fourth-order valence-corrected chi connectivity index (χ4v) is 4.40. The smallest absolute Gasteiger partial charge is 0.162 e. The molecule has 26 heavy (non-hydrogen) atoms. The number of hydrogen-bond acceptors (Lipinski definition) is 1. The quantitative estimate of drug-likeness (QED) is 0.276. The Morgan fingerprint density at radius 1 is 0.808 bits per heavy atom. The molecule has 0 N–H and O–H groups in total. The van der Waals surface area contributed by atoms with E-state index >= 15 is 0 Å². The molecule has 1 aliphatic carbocycles. The predicted molar refractivity (Wildman–Crippen MR) is 113 cm³/mol. The first-order valence-corrected chi connectivity index (χ1v) is 11.3. The minimum atomic E-state index is 0.311. The Kier molecular flexibility index (Phi) is 10.0. The Labute approximate surface area is 162 Å². The van der Waals surface area contributed by atoms with Gasteiger partial charge in [-0.25, -0.2) is 0 Å². The SMILES string of the molecule is CCCCCC(=O)c1ccc(CCC2CCC(CCCCC)CC2)cc1. The molecular weight excluding hydrogens is 316 g/mol. The van der Waals surface area contributed by atoms with E-state index in [1.54, 1.807) is 0 Å².